The number of likely N-dealkylation sites (tertiary alicyclic amines) is 1. The Kier molecular flexibility index (Phi) is 3.87. The molecule has 0 radical (unpaired) electrons. The molecule has 1 aromatic carbocycles. The summed E-state index contributed by atoms with van der Waals surface area (Å²) >= 11 is 0. The fraction of sp³-hybridized carbons (Fsp3) is 0.562. The minimum atomic E-state index is 0.0519. The van der Waals surface area contributed by atoms with Gasteiger partial charge in [-0.1, -0.05) is 19.1 Å². The van der Waals surface area contributed by atoms with Crippen molar-refractivity contribution in [3.63, 3.8) is 0 Å². The van der Waals surface area contributed by atoms with Crippen LogP contribution in [-0.4, -0.2) is 64.4 Å². The molecule has 22 heavy (non-hydrogen) atoms. The molecule has 1 saturated heterocycles. The van der Waals surface area contributed by atoms with E-state index in [0.717, 1.165) is 37.1 Å². The zero-order valence-corrected chi connectivity index (χ0v) is 13.5. The number of amides is 1. The van der Waals surface area contributed by atoms with Crippen molar-refractivity contribution in [1.82, 2.24) is 24.8 Å². The first-order valence-electron chi connectivity index (χ1n) is 7.68. The minimum Gasteiger partial charge on any atom is -0.343 e. The Bertz CT molecular complexity index is 649. The molecule has 0 saturated carbocycles. The third-order valence-corrected chi connectivity index (χ3v) is 4.40. The van der Waals surface area contributed by atoms with Crippen LogP contribution in [-0.2, 0) is 11.3 Å². The first-order valence-corrected chi connectivity index (χ1v) is 7.68. The summed E-state index contributed by atoms with van der Waals surface area (Å²) in [6.45, 7) is 5.36. The molecule has 0 bridgehead atoms. The van der Waals surface area contributed by atoms with Crippen molar-refractivity contribution in [3.05, 3.63) is 24.3 Å². The molecule has 6 heteroatoms. The van der Waals surface area contributed by atoms with Crippen molar-refractivity contribution in [1.29, 1.82) is 0 Å². The fourth-order valence-corrected chi connectivity index (χ4v) is 3.28. The molecule has 6 nitrogen and oxygen atoms in total. The van der Waals surface area contributed by atoms with Crippen LogP contribution in [0, 0.1) is 5.41 Å². The number of carbonyl (C=O) groups excluding carboxylic acids is 1. The molecular weight excluding hydrogens is 278 g/mol. The second-order valence-electron chi connectivity index (χ2n) is 6.77. The maximum absolute atomic E-state index is 12.4. The molecule has 3 rings (SSSR count). The number of hydrogen-bond acceptors (Lipinski definition) is 4. The molecule has 1 aliphatic rings. The molecule has 1 fully saturated rings. The van der Waals surface area contributed by atoms with E-state index >= 15 is 0 Å². The fourth-order valence-electron chi connectivity index (χ4n) is 3.28. The molecule has 1 aromatic heterocycles. The molecule has 118 valence electrons. The number of fused-ring (bicyclic) bond motifs is 1. The minimum absolute atomic E-state index is 0.0519. The lowest BCUT2D eigenvalue weighted by Crippen LogP contribution is -2.40. The summed E-state index contributed by atoms with van der Waals surface area (Å²) < 4.78 is 0. The summed E-state index contributed by atoms with van der Waals surface area (Å²) in [7, 11) is 4.00. The molecule has 0 aliphatic carbocycles. The van der Waals surface area contributed by atoms with E-state index in [4.69, 9.17) is 0 Å². The van der Waals surface area contributed by atoms with Crippen LogP contribution in [0.3, 0.4) is 0 Å². The van der Waals surface area contributed by atoms with Crippen LogP contribution < -0.4 is 0 Å². The smallest absolute Gasteiger partial charge is 0.245 e. The highest BCUT2D eigenvalue weighted by molar-refractivity contribution is 5.77. The highest BCUT2D eigenvalue weighted by atomic mass is 16.2. The van der Waals surface area contributed by atoms with Crippen molar-refractivity contribution in [3.8, 4) is 0 Å². The monoisotopic (exact) mass is 301 g/mol. The molecular formula is C16H23N5O. The summed E-state index contributed by atoms with van der Waals surface area (Å²) in [6, 6.07) is 7.66. The Hall–Kier alpha value is -1.95. The second-order valence-corrected chi connectivity index (χ2v) is 6.77. The highest BCUT2D eigenvalue weighted by Gasteiger charge is 2.34. The SMILES string of the molecule is CN1CC[C@](C)(CN(C)C(=O)Cn2nc3ccccc3n2)C1. The van der Waals surface area contributed by atoms with E-state index < -0.39 is 0 Å². The van der Waals surface area contributed by atoms with Gasteiger partial charge in [-0.25, -0.2) is 0 Å². The molecule has 2 aromatic rings. The third kappa shape index (κ3) is 3.11. The lowest BCUT2D eigenvalue weighted by molar-refractivity contribution is -0.132. The molecule has 0 N–H and O–H groups in total. The van der Waals surface area contributed by atoms with Crippen LogP contribution in [0.4, 0.5) is 0 Å². The predicted octanol–water partition coefficient (Wildman–Crippen LogP) is 1.23. The van der Waals surface area contributed by atoms with E-state index in [1.54, 1.807) is 0 Å². The van der Waals surface area contributed by atoms with Gasteiger partial charge in [0.2, 0.25) is 5.91 Å². The van der Waals surface area contributed by atoms with Gasteiger partial charge in [0.1, 0.15) is 17.6 Å². The van der Waals surface area contributed by atoms with Gasteiger partial charge in [0.15, 0.2) is 0 Å². The normalized spacial score (nSPS) is 22.3. The van der Waals surface area contributed by atoms with E-state index in [-0.39, 0.29) is 17.9 Å². The van der Waals surface area contributed by atoms with Crippen LogP contribution >= 0.6 is 0 Å². The number of rotatable bonds is 4. The Morgan fingerprint density at radius 1 is 1.32 bits per heavy atom. The largest absolute Gasteiger partial charge is 0.343 e. The van der Waals surface area contributed by atoms with Crippen molar-refractivity contribution in [2.45, 2.75) is 19.9 Å². The summed E-state index contributed by atoms with van der Waals surface area (Å²) in [5.41, 5.74) is 1.83. The van der Waals surface area contributed by atoms with E-state index in [1.807, 2.05) is 36.2 Å². The first kappa shape index (κ1) is 15.0. The number of benzene rings is 1. The predicted molar refractivity (Wildman–Crippen MR) is 85.4 cm³/mol. The maximum Gasteiger partial charge on any atom is 0.245 e. The lowest BCUT2D eigenvalue weighted by Gasteiger charge is -2.29. The summed E-state index contributed by atoms with van der Waals surface area (Å²) in [5.74, 6) is 0.0519. The van der Waals surface area contributed by atoms with Gasteiger partial charge in [0.05, 0.1) is 0 Å². The lowest BCUT2D eigenvalue weighted by atomic mass is 9.89. The van der Waals surface area contributed by atoms with Crippen LogP contribution in [0.1, 0.15) is 13.3 Å². The molecule has 0 spiro atoms. The summed E-state index contributed by atoms with van der Waals surface area (Å²) in [5, 5.41) is 8.69. The van der Waals surface area contributed by atoms with Gasteiger partial charge in [0, 0.05) is 20.1 Å². The van der Waals surface area contributed by atoms with Crippen molar-refractivity contribution >= 4 is 16.9 Å². The van der Waals surface area contributed by atoms with E-state index in [2.05, 4.69) is 29.1 Å². The van der Waals surface area contributed by atoms with E-state index in [0.29, 0.717) is 0 Å². The van der Waals surface area contributed by atoms with E-state index in [1.165, 1.54) is 4.80 Å². The standard InChI is InChI=1S/C16H23N5O/c1-16(8-9-19(2)11-16)12-20(3)15(22)10-21-17-13-6-4-5-7-14(13)18-21/h4-7H,8-12H2,1-3H3/t16-/m0/s1. The van der Waals surface area contributed by atoms with Gasteiger partial charge in [-0.2, -0.15) is 15.0 Å². The van der Waals surface area contributed by atoms with E-state index in [9.17, 15) is 4.79 Å². The van der Waals surface area contributed by atoms with Crippen molar-refractivity contribution in [2.75, 3.05) is 33.7 Å². The molecule has 0 unspecified atom stereocenters. The Labute approximate surface area is 130 Å². The van der Waals surface area contributed by atoms with Gasteiger partial charge in [-0.15, -0.1) is 0 Å². The van der Waals surface area contributed by atoms with Crippen LogP contribution in [0.15, 0.2) is 24.3 Å². The first-order chi connectivity index (χ1) is 10.5. The third-order valence-electron chi connectivity index (χ3n) is 4.40. The Morgan fingerprint density at radius 3 is 2.50 bits per heavy atom. The number of carbonyl (C=O) groups is 1. The number of nitrogens with zero attached hydrogens (tertiary/aromatic N) is 5. The summed E-state index contributed by atoms with van der Waals surface area (Å²) in [4.78, 5) is 18.0. The van der Waals surface area contributed by atoms with Crippen LogP contribution in [0.2, 0.25) is 0 Å². The maximum atomic E-state index is 12.4. The van der Waals surface area contributed by atoms with Crippen molar-refractivity contribution < 1.29 is 4.79 Å². The molecule has 1 aliphatic heterocycles. The quantitative estimate of drug-likeness (QED) is 0.852. The molecule has 1 amide bonds. The van der Waals surface area contributed by atoms with Crippen LogP contribution in [0.5, 0.6) is 0 Å². The molecule has 2 heterocycles. The number of likely N-dealkylation sites (N-methyl/N-ethyl adjacent to an activating group) is 1. The highest BCUT2D eigenvalue weighted by Crippen LogP contribution is 2.29. The van der Waals surface area contributed by atoms with Gasteiger partial charge in [-0.05, 0) is 37.6 Å². The van der Waals surface area contributed by atoms with Gasteiger partial charge in [0.25, 0.3) is 0 Å². The van der Waals surface area contributed by atoms with Crippen molar-refractivity contribution in [2.24, 2.45) is 5.41 Å². The topological polar surface area (TPSA) is 54.3 Å². The van der Waals surface area contributed by atoms with Gasteiger partial charge in [-0.3, -0.25) is 4.79 Å². The van der Waals surface area contributed by atoms with Crippen LogP contribution in [0.25, 0.3) is 11.0 Å². The number of hydrogen-bond donors (Lipinski definition) is 0. The van der Waals surface area contributed by atoms with Gasteiger partial charge < -0.3 is 9.80 Å². The molecule has 1 atom stereocenters. The Balaban J connectivity index is 1.63. The second kappa shape index (κ2) is 5.68. The average molecular weight is 301 g/mol. The van der Waals surface area contributed by atoms with Gasteiger partial charge >= 0.3 is 0 Å². The average Bonchev–Trinajstić information content (AvgIpc) is 3.01. The zero-order chi connectivity index (χ0) is 15.7. The zero-order valence-electron chi connectivity index (χ0n) is 13.5. The summed E-state index contributed by atoms with van der Waals surface area (Å²) in [6.07, 6.45) is 1.13. The number of aromatic nitrogens is 3. The Morgan fingerprint density at radius 2 is 1.95 bits per heavy atom.